The molecule has 19 heavy (non-hydrogen) atoms. The summed E-state index contributed by atoms with van der Waals surface area (Å²) in [5.74, 6) is 0.134. The molecule has 1 rings (SSSR count). The van der Waals surface area contributed by atoms with Gasteiger partial charge in [0.2, 0.25) is 5.91 Å². The first-order chi connectivity index (χ1) is 8.80. The molecule has 1 amide bonds. The number of nitrogens with zero attached hydrogens (tertiary/aromatic N) is 1. The van der Waals surface area contributed by atoms with Crippen LogP contribution in [0.15, 0.2) is 0 Å². The lowest BCUT2D eigenvalue weighted by atomic mass is 10.1. The van der Waals surface area contributed by atoms with Crippen LogP contribution in [0.3, 0.4) is 0 Å². The Hall–Kier alpha value is -0.660. The van der Waals surface area contributed by atoms with Gasteiger partial charge in [-0.15, -0.1) is 0 Å². The van der Waals surface area contributed by atoms with E-state index in [1.165, 1.54) is 0 Å². The number of primary amides is 1. The largest absolute Gasteiger partial charge is 0.368 e. The fourth-order valence-corrected chi connectivity index (χ4v) is 3.54. The second-order valence-corrected chi connectivity index (χ2v) is 7.72. The van der Waals surface area contributed by atoms with E-state index in [1.807, 2.05) is 13.8 Å². The van der Waals surface area contributed by atoms with Gasteiger partial charge in [0.05, 0.1) is 17.5 Å². The minimum absolute atomic E-state index is 0.196. The number of carbonyl (C=O) groups excluding carboxylic acids is 1. The van der Waals surface area contributed by atoms with E-state index in [9.17, 15) is 13.2 Å². The normalized spacial score (nSPS) is 22.1. The molecule has 1 aliphatic rings. The van der Waals surface area contributed by atoms with Gasteiger partial charge in [0.1, 0.15) is 0 Å². The van der Waals surface area contributed by atoms with Crippen molar-refractivity contribution >= 4 is 15.7 Å². The van der Waals surface area contributed by atoms with Crippen LogP contribution in [-0.2, 0) is 14.6 Å². The fraction of sp³-hybridized carbons (Fsp3) is 0.917. The minimum Gasteiger partial charge on any atom is -0.368 e. The topological polar surface area (TPSA) is 92.5 Å². The van der Waals surface area contributed by atoms with Crippen LogP contribution < -0.4 is 11.1 Å². The van der Waals surface area contributed by atoms with Gasteiger partial charge < -0.3 is 16.0 Å². The summed E-state index contributed by atoms with van der Waals surface area (Å²) in [5, 5.41) is 3.13. The standard InChI is InChI=1S/C12H25N3O3S/c1-10(2)14-11(12(13)16)4-6-15-5-3-8-19(17,18)9-7-15/h10-11,14H,3-9H2,1-2H3,(H2,13,16). The highest BCUT2D eigenvalue weighted by molar-refractivity contribution is 7.91. The van der Waals surface area contributed by atoms with Crippen molar-refractivity contribution in [2.75, 3.05) is 31.1 Å². The molecule has 0 aromatic heterocycles. The molecular weight excluding hydrogens is 266 g/mol. The average molecular weight is 291 g/mol. The summed E-state index contributed by atoms with van der Waals surface area (Å²) >= 11 is 0. The third-order valence-electron chi connectivity index (χ3n) is 3.26. The van der Waals surface area contributed by atoms with Crippen LogP contribution in [0, 0.1) is 0 Å². The lowest BCUT2D eigenvalue weighted by Gasteiger charge is -2.23. The molecular formula is C12H25N3O3S. The van der Waals surface area contributed by atoms with E-state index in [0.717, 1.165) is 6.54 Å². The molecule has 0 aromatic carbocycles. The quantitative estimate of drug-likeness (QED) is 0.678. The molecule has 1 atom stereocenters. The molecule has 6 nitrogen and oxygen atoms in total. The summed E-state index contributed by atoms with van der Waals surface area (Å²) in [6, 6.07) is -0.151. The second kappa shape index (κ2) is 7.21. The van der Waals surface area contributed by atoms with Crippen molar-refractivity contribution in [2.24, 2.45) is 5.73 Å². The Morgan fingerprint density at radius 3 is 2.58 bits per heavy atom. The van der Waals surface area contributed by atoms with Crippen LogP contribution in [0.4, 0.5) is 0 Å². The lowest BCUT2D eigenvalue weighted by molar-refractivity contribution is -0.120. The molecule has 1 saturated heterocycles. The van der Waals surface area contributed by atoms with Gasteiger partial charge in [0.15, 0.2) is 9.84 Å². The number of sulfone groups is 1. The zero-order valence-corrected chi connectivity index (χ0v) is 12.6. The van der Waals surface area contributed by atoms with Crippen LogP contribution in [0.5, 0.6) is 0 Å². The molecule has 0 bridgehead atoms. The number of carbonyl (C=O) groups is 1. The zero-order valence-electron chi connectivity index (χ0n) is 11.8. The molecule has 1 aliphatic heterocycles. The Morgan fingerprint density at radius 1 is 1.32 bits per heavy atom. The van der Waals surface area contributed by atoms with Crippen molar-refractivity contribution in [2.45, 2.75) is 38.8 Å². The molecule has 0 radical (unpaired) electrons. The van der Waals surface area contributed by atoms with E-state index in [0.29, 0.717) is 25.9 Å². The summed E-state index contributed by atoms with van der Waals surface area (Å²) in [6.45, 7) is 5.95. The van der Waals surface area contributed by atoms with E-state index in [1.54, 1.807) is 0 Å². The van der Waals surface area contributed by atoms with Crippen molar-refractivity contribution in [3.05, 3.63) is 0 Å². The number of nitrogens with two attached hydrogens (primary N) is 1. The highest BCUT2D eigenvalue weighted by Gasteiger charge is 2.21. The Labute approximate surface area is 115 Å². The van der Waals surface area contributed by atoms with E-state index < -0.39 is 9.84 Å². The van der Waals surface area contributed by atoms with Crippen LogP contribution in [-0.4, -0.2) is 62.4 Å². The van der Waals surface area contributed by atoms with E-state index in [-0.39, 0.29) is 29.5 Å². The van der Waals surface area contributed by atoms with Gasteiger partial charge in [-0.05, 0) is 19.4 Å². The Kier molecular flexibility index (Phi) is 6.22. The molecule has 1 heterocycles. The summed E-state index contributed by atoms with van der Waals surface area (Å²) in [6.07, 6.45) is 1.29. The Morgan fingerprint density at radius 2 is 2.00 bits per heavy atom. The van der Waals surface area contributed by atoms with Crippen LogP contribution in [0.1, 0.15) is 26.7 Å². The smallest absolute Gasteiger partial charge is 0.234 e. The van der Waals surface area contributed by atoms with Gasteiger partial charge in [-0.3, -0.25) is 4.79 Å². The van der Waals surface area contributed by atoms with Crippen molar-refractivity contribution in [3.8, 4) is 0 Å². The van der Waals surface area contributed by atoms with Gasteiger partial charge in [-0.1, -0.05) is 13.8 Å². The molecule has 7 heteroatoms. The predicted octanol–water partition coefficient (Wildman–Crippen LogP) is -0.651. The van der Waals surface area contributed by atoms with E-state index in [4.69, 9.17) is 5.73 Å². The molecule has 1 fully saturated rings. The Bertz CT molecular complexity index is 395. The summed E-state index contributed by atoms with van der Waals surface area (Å²) in [4.78, 5) is 13.4. The highest BCUT2D eigenvalue weighted by Crippen LogP contribution is 2.06. The van der Waals surface area contributed by atoms with E-state index >= 15 is 0 Å². The number of amides is 1. The maximum Gasteiger partial charge on any atom is 0.234 e. The van der Waals surface area contributed by atoms with Gasteiger partial charge in [0, 0.05) is 19.1 Å². The SMILES string of the molecule is CC(C)NC(CCN1CCCS(=O)(=O)CC1)C(N)=O. The van der Waals surface area contributed by atoms with Crippen LogP contribution in [0.25, 0.3) is 0 Å². The lowest BCUT2D eigenvalue weighted by Crippen LogP contribution is -2.46. The average Bonchev–Trinajstić information content (AvgIpc) is 2.45. The minimum atomic E-state index is -2.87. The molecule has 0 saturated carbocycles. The maximum atomic E-state index is 11.5. The number of hydrogen-bond donors (Lipinski definition) is 2. The third kappa shape index (κ3) is 6.35. The second-order valence-electron chi connectivity index (χ2n) is 5.41. The van der Waals surface area contributed by atoms with Gasteiger partial charge >= 0.3 is 0 Å². The first-order valence-electron chi connectivity index (χ1n) is 6.78. The van der Waals surface area contributed by atoms with Crippen LogP contribution in [0.2, 0.25) is 0 Å². The van der Waals surface area contributed by atoms with Crippen molar-refractivity contribution in [1.82, 2.24) is 10.2 Å². The fourth-order valence-electron chi connectivity index (χ4n) is 2.24. The monoisotopic (exact) mass is 291 g/mol. The van der Waals surface area contributed by atoms with Gasteiger partial charge in [-0.2, -0.15) is 0 Å². The number of rotatable bonds is 6. The number of hydrogen-bond acceptors (Lipinski definition) is 5. The Balaban J connectivity index is 2.43. The molecule has 1 unspecified atom stereocenters. The van der Waals surface area contributed by atoms with Crippen molar-refractivity contribution in [1.29, 1.82) is 0 Å². The van der Waals surface area contributed by atoms with Crippen molar-refractivity contribution in [3.63, 3.8) is 0 Å². The summed E-state index contributed by atoms with van der Waals surface area (Å²) < 4.78 is 23.0. The molecule has 112 valence electrons. The summed E-state index contributed by atoms with van der Waals surface area (Å²) in [7, 11) is -2.87. The molecule has 0 spiro atoms. The van der Waals surface area contributed by atoms with Crippen LogP contribution >= 0.6 is 0 Å². The predicted molar refractivity (Wildman–Crippen MR) is 75.6 cm³/mol. The van der Waals surface area contributed by atoms with Gasteiger partial charge in [-0.25, -0.2) is 8.42 Å². The zero-order chi connectivity index (χ0) is 14.5. The van der Waals surface area contributed by atoms with Crippen molar-refractivity contribution < 1.29 is 13.2 Å². The maximum absolute atomic E-state index is 11.5. The first kappa shape index (κ1) is 16.4. The molecule has 0 aliphatic carbocycles. The first-order valence-corrected chi connectivity index (χ1v) is 8.60. The van der Waals surface area contributed by atoms with Gasteiger partial charge in [0.25, 0.3) is 0 Å². The summed E-state index contributed by atoms with van der Waals surface area (Å²) in [5.41, 5.74) is 5.36. The highest BCUT2D eigenvalue weighted by atomic mass is 32.2. The number of nitrogens with one attached hydrogen (secondary N) is 1. The third-order valence-corrected chi connectivity index (χ3v) is 4.98. The molecule has 0 aromatic rings. The van der Waals surface area contributed by atoms with E-state index in [2.05, 4.69) is 10.2 Å². The molecule has 3 N–H and O–H groups in total.